The zero-order valence-electron chi connectivity index (χ0n) is 15.3. The van der Waals surface area contributed by atoms with E-state index >= 15 is 0 Å². The maximum Gasteiger partial charge on any atom is 0.191 e. The minimum absolute atomic E-state index is 0. The molecule has 1 aromatic rings. The van der Waals surface area contributed by atoms with Crippen molar-refractivity contribution < 1.29 is 4.39 Å². The van der Waals surface area contributed by atoms with Crippen molar-refractivity contribution in [2.75, 3.05) is 33.2 Å². The van der Waals surface area contributed by atoms with E-state index in [1.807, 2.05) is 12.1 Å². The van der Waals surface area contributed by atoms with E-state index in [1.54, 1.807) is 0 Å². The fourth-order valence-corrected chi connectivity index (χ4v) is 2.17. The summed E-state index contributed by atoms with van der Waals surface area (Å²) in [5.41, 5.74) is 1.12. The number of aliphatic imine (C=N–C) groups is 1. The highest BCUT2D eigenvalue weighted by molar-refractivity contribution is 14.0. The fraction of sp³-hybridized carbons (Fsp3) is 0.611. The fourth-order valence-electron chi connectivity index (χ4n) is 2.17. The van der Waals surface area contributed by atoms with Gasteiger partial charge in [0.25, 0.3) is 0 Å². The van der Waals surface area contributed by atoms with Crippen molar-refractivity contribution in [3.05, 3.63) is 35.6 Å². The summed E-state index contributed by atoms with van der Waals surface area (Å²) in [5.74, 6) is 0.647. The maximum atomic E-state index is 12.9. The molecule has 4 nitrogen and oxygen atoms in total. The molecular weight excluding hydrogens is 418 g/mol. The minimum Gasteiger partial charge on any atom is -0.357 e. The monoisotopic (exact) mass is 450 g/mol. The quantitative estimate of drug-likeness (QED) is 0.345. The van der Waals surface area contributed by atoms with E-state index in [9.17, 15) is 4.39 Å². The van der Waals surface area contributed by atoms with Crippen LogP contribution in [0.5, 0.6) is 0 Å². The summed E-state index contributed by atoms with van der Waals surface area (Å²) in [4.78, 5) is 6.93. The molecule has 0 aliphatic heterocycles. The molecule has 24 heavy (non-hydrogen) atoms. The molecule has 0 bridgehead atoms. The molecule has 1 aromatic carbocycles. The van der Waals surface area contributed by atoms with Gasteiger partial charge in [-0.1, -0.05) is 19.1 Å². The summed E-state index contributed by atoms with van der Waals surface area (Å²) in [7, 11) is 2.14. The highest BCUT2D eigenvalue weighted by Gasteiger charge is 2.05. The molecule has 138 valence electrons. The molecule has 0 aliphatic rings. The van der Waals surface area contributed by atoms with Gasteiger partial charge in [0.05, 0.1) is 6.54 Å². The molecule has 0 fully saturated rings. The summed E-state index contributed by atoms with van der Waals surface area (Å²) in [6.45, 7) is 9.82. The van der Waals surface area contributed by atoms with E-state index in [4.69, 9.17) is 0 Å². The Kier molecular flexibility index (Phi) is 12.9. The topological polar surface area (TPSA) is 39.7 Å². The van der Waals surface area contributed by atoms with Gasteiger partial charge in [-0.2, -0.15) is 0 Å². The molecule has 0 radical (unpaired) electrons. The highest BCUT2D eigenvalue weighted by Crippen LogP contribution is 2.02. The van der Waals surface area contributed by atoms with E-state index in [1.165, 1.54) is 12.1 Å². The van der Waals surface area contributed by atoms with Crippen LogP contribution in [0.1, 0.15) is 32.8 Å². The standard InChI is InChI=1S/C18H31FN4.HI/c1-5-15(3)23(4)14-13-22-18(20-6-2)21-12-11-16-7-9-17(19)10-8-16;/h7-10,15H,5-6,11-14H2,1-4H3,(H2,20,21,22);1H. The Labute approximate surface area is 163 Å². The van der Waals surface area contributed by atoms with Crippen LogP contribution in [0.2, 0.25) is 0 Å². The number of rotatable bonds is 9. The zero-order valence-corrected chi connectivity index (χ0v) is 17.6. The normalized spacial score (nSPS) is 12.7. The molecule has 0 saturated carbocycles. The Morgan fingerprint density at radius 2 is 1.88 bits per heavy atom. The van der Waals surface area contributed by atoms with Crippen molar-refractivity contribution in [1.82, 2.24) is 15.5 Å². The molecule has 1 rings (SSSR count). The van der Waals surface area contributed by atoms with Crippen LogP contribution in [0, 0.1) is 5.82 Å². The number of likely N-dealkylation sites (N-methyl/N-ethyl adjacent to an activating group) is 1. The van der Waals surface area contributed by atoms with Gasteiger partial charge < -0.3 is 15.5 Å². The van der Waals surface area contributed by atoms with Crippen molar-refractivity contribution in [2.45, 2.75) is 39.7 Å². The molecular formula is C18H32FIN4. The van der Waals surface area contributed by atoms with E-state index in [2.05, 4.69) is 48.3 Å². The lowest BCUT2D eigenvalue weighted by Gasteiger charge is -2.22. The number of hydrogen-bond acceptors (Lipinski definition) is 2. The molecule has 0 saturated heterocycles. The van der Waals surface area contributed by atoms with Crippen LogP contribution in [0.4, 0.5) is 4.39 Å². The van der Waals surface area contributed by atoms with Gasteiger partial charge in [0, 0.05) is 25.7 Å². The number of guanidine groups is 1. The molecule has 0 aromatic heterocycles. The predicted octanol–water partition coefficient (Wildman–Crippen LogP) is 3.27. The Morgan fingerprint density at radius 1 is 1.21 bits per heavy atom. The first-order valence-electron chi connectivity index (χ1n) is 8.53. The van der Waals surface area contributed by atoms with Crippen LogP contribution in [-0.4, -0.2) is 50.1 Å². The van der Waals surface area contributed by atoms with Crippen LogP contribution >= 0.6 is 24.0 Å². The van der Waals surface area contributed by atoms with E-state index < -0.39 is 0 Å². The van der Waals surface area contributed by atoms with Gasteiger partial charge in [0.2, 0.25) is 0 Å². The first kappa shape index (κ1) is 23.1. The smallest absolute Gasteiger partial charge is 0.191 e. The Hall–Kier alpha value is -0.890. The van der Waals surface area contributed by atoms with Crippen LogP contribution in [0.25, 0.3) is 0 Å². The molecule has 0 amide bonds. The Bertz CT molecular complexity index is 465. The predicted molar refractivity (Wildman–Crippen MR) is 112 cm³/mol. The average molecular weight is 450 g/mol. The van der Waals surface area contributed by atoms with Crippen LogP contribution in [0.3, 0.4) is 0 Å². The Morgan fingerprint density at radius 3 is 2.46 bits per heavy atom. The van der Waals surface area contributed by atoms with Crippen molar-refractivity contribution in [3.8, 4) is 0 Å². The number of nitrogens with zero attached hydrogens (tertiary/aromatic N) is 2. The van der Waals surface area contributed by atoms with E-state index in [0.717, 1.165) is 50.5 Å². The minimum atomic E-state index is -0.193. The van der Waals surface area contributed by atoms with Crippen molar-refractivity contribution in [1.29, 1.82) is 0 Å². The number of nitrogens with one attached hydrogen (secondary N) is 2. The molecule has 0 aliphatic carbocycles. The zero-order chi connectivity index (χ0) is 17.1. The summed E-state index contributed by atoms with van der Waals surface area (Å²) in [5, 5.41) is 6.58. The molecule has 2 N–H and O–H groups in total. The second kappa shape index (κ2) is 13.4. The maximum absolute atomic E-state index is 12.9. The first-order chi connectivity index (χ1) is 11.1. The van der Waals surface area contributed by atoms with Crippen molar-refractivity contribution in [2.24, 2.45) is 4.99 Å². The molecule has 1 unspecified atom stereocenters. The molecule has 1 atom stereocenters. The first-order valence-corrected chi connectivity index (χ1v) is 8.53. The van der Waals surface area contributed by atoms with Gasteiger partial charge in [0.15, 0.2) is 5.96 Å². The van der Waals surface area contributed by atoms with Gasteiger partial charge >= 0.3 is 0 Å². The second-order valence-electron chi connectivity index (χ2n) is 5.80. The second-order valence-corrected chi connectivity index (χ2v) is 5.80. The van der Waals surface area contributed by atoms with Gasteiger partial charge in [-0.05, 0) is 51.4 Å². The number of hydrogen-bond donors (Lipinski definition) is 2. The SMILES string of the molecule is CCNC(=NCCN(C)C(C)CC)NCCc1ccc(F)cc1.I. The average Bonchev–Trinajstić information content (AvgIpc) is 2.55. The van der Waals surface area contributed by atoms with Gasteiger partial charge in [0.1, 0.15) is 5.82 Å². The van der Waals surface area contributed by atoms with E-state index in [-0.39, 0.29) is 29.8 Å². The van der Waals surface area contributed by atoms with Crippen LogP contribution in [-0.2, 0) is 6.42 Å². The summed E-state index contributed by atoms with van der Waals surface area (Å²) >= 11 is 0. The third-order valence-electron chi connectivity index (χ3n) is 4.03. The largest absolute Gasteiger partial charge is 0.357 e. The highest BCUT2D eigenvalue weighted by atomic mass is 127. The number of benzene rings is 1. The van der Waals surface area contributed by atoms with Crippen molar-refractivity contribution in [3.63, 3.8) is 0 Å². The van der Waals surface area contributed by atoms with Crippen LogP contribution in [0.15, 0.2) is 29.3 Å². The van der Waals surface area contributed by atoms with Gasteiger partial charge in [-0.15, -0.1) is 24.0 Å². The summed E-state index contributed by atoms with van der Waals surface area (Å²) < 4.78 is 12.9. The van der Waals surface area contributed by atoms with Crippen molar-refractivity contribution >= 4 is 29.9 Å². The summed E-state index contributed by atoms with van der Waals surface area (Å²) in [6, 6.07) is 7.22. The molecule has 0 heterocycles. The lowest BCUT2D eigenvalue weighted by atomic mass is 10.1. The third-order valence-corrected chi connectivity index (χ3v) is 4.03. The van der Waals surface area contributed by atoms with E-state index in [0.29, 0.717) is 6.04 Å². The molecule has 6 heteroatoms. The number of halogens is 2. The van der Waals surface area contributed by atoms with Gasteiger partial charge in [-0.3, -0.25) is 4.99 Å². The third kappa shape index (κ3) is 9.42. The lowest BCUT2D eigenvalue weighted by Crippen LogP contribution is -2.39. The lowest BCUT2D eigenvalue weighted by molar-refractivity contribution is 0.259. The summed E-state index contributed by atoms with van der Waals surface area (Å²) in [6.07, 6.45) is 1.99. The van der Waals surface area contributed by atoms with Crippen LogP contribution < -0.4 is 10.6 Å². The van der Waals surface area contributed by atoms with Gasteiger partial charge in [-0.25, -0.2) is 4.39 Å². The Balaban J connectivity index is 0.00000529. The molecule has 0 spiro atoms.